The zero-order chi connectivity index (χ0) is 19.8. The average Bonchev–Trinajstić information content (AvgIpc) is 3.06. The van der Waals surface area contributed by atoms with Crippen molar-refractivity contribution in [3.05, 3.63) is 53.8 Å². The number of aromatic nitrogens is 1. The van der Waals surface area contributed by atoms with Crippen LogP contribution in [0.25, 0.3) is 10.9 Å². The van der Waals surface area contributed by atoms with Crippen LogP contribution in [0.15, 0.2) is 47.5 Å². The van der Waals surface area contributed by atoms with Crippen molar-refractivity contribution in [1.82, 2.24) is 4.98 Å². The summed E-state index contributed by atoms with van der Waals surface area (Å²) in [4.78, 5) is 9.83. The zero-order valence-corrected chi connectivity index (χ0v) is 16.4. The molecule has 1 aliphatic heterocycles. The second kappa shape index (κ2) is 7.54. The number of hydrogen-bond donors (Lipinski definition) is 2. The molecule has 4 nitrogen and oxygen atoms in total. The summed E-state index contributed by atoms with van der Waals surface area (Å²) in [6.07, 6.45) is 8.53. The molecular weight excluding hydrogens is 365 g/mol. The van der Waals surface area contributed by atoms with E-state index in [9.17, 15) is 9.50 Å². The van der Waals surface area contributed by atoms with Gasteiger partial charge in [-0.2, -0.15) is 0 Å². The maximum atomic E-state index is 13.4. The van der Waals surface area contributed by atoms with E-state index in [1.54, 1.807) is 12.3 Å². The topological polar surface area (TPSA) is 51.6 Å². The molecule has 2 fully saturated rings. The Morgan fingerprint density at radius 3 is 2.66 bits per heavy atom. The van der Waals surface area contributed by atoms with Gasteiger partial charge in [-0.05, 0) is 67.1 Å². The number of H-pyrrole nitrogens is 1. The molecule has 3 aromatic rings. The Morgan fingerprint density at radius 2 is 1.83 bits per heavy atom. The van der Waals surface area contributed by atoms with Crippen LogP contribution in [0.5, 0.6) is 5.88 Å². The van der Waals surface area contributed by atoms with Crippen LogP contribution in [0.3, 0.4) is 0 Å². The van der Waals surface area contributed by atoms with Crippen molar-refractivity contribution >= 4 is 28.5 Å². The minimum atomic E-state index is -0.338. The largest absolute Gasteiger partial charge is 0.494 e. The van der Waals surface area contributed by atoms with Crippen LogP contribution >= 0.6 is 0 Å². The monoisotopic (exact) mass is 391 g/mol. The van der Waals surface area contributed by atoms with Gasteiger partial charge in [0.1, 0.15) is 5.82 Å². The molecule has 0 radical (unpaired) electrons. The first-order valence-corrected chi connectivity index (χ1v) is 10.6. The number of fused-ring (bicyclic) bond motifs is 2. The number of rotatable bonds is 3. The summed E-state index contributed by atoms with van der Waals surface area (Å²) in [5, 5.41) is 10.9. The molecule has 1 saturated carbocycles. The second-order valence-electron chi connectivity index (χ2n) is 8.39. The predicted molar refractivity (Wildman–Crippen MR) is 116 cm³/mol. The first-order chi connectivity index (χ1) is 14.2. The Balaban J connectivity index is 1.31. The highest BCUT2D eigenvalue weighted by Gasteiger charge is 2.31. The molecule has 5 heteroatoms. The van der Waals surface area contributed by atoms with E-state index in [0.717, 1.165) is 29.5 Å². The number of anilines is 1. The summed E-state index contributed by atoms with van der Waals surface area (Å²) < 4.78 is 13.4. The molecule has 2 N–H and O–H groups in total. The number of aromatic hydroxyl groups is 1. The smallest absolute Gasteiger partial charge is 0.198 e. The second-order valence-corrected chi connectivity index (χ2v) is 8.39. The van der Waals surface area contributed by atoms with Gasteiger partial charge in [0.2, 0.25) is 0 Å². The Bertz CT molecular complexity index is 1040. The zero-order valence-electron chi connectivity index (χ0n) is 16.4. The summed E-state index contributed by atoms with van der Waals surface area (Å²) in [5.74, 6) is 1.45. The van der Waals surface area contributed by atoms with Crippen molar-refractivity contribution < 1.29 is 9.50 Å². The average molecular weight is 391 g/mol. The maximum Gasteiger partial charge on any atom is 0.198 e. The van der Waals surface area contributed by atoms with E-state index in [0.29, 0.717) is 11.1 Å². The Labute approximate surface area is 170 Å². The summed E-state index contributed by atoms with van der Waals surface area (Å²) in [7, 11) is 0. The highest BCUT2D eigenvalue weighted by Crippen LogP contribution is 2.37. The standard InChI is InChI=1S/C24H26FN3O/c25-18-5-10-21-22(24(29)27-23(21)13-18)14-26-19-6-8-20(9-7-19)28-12-11-16-3-1-2-4-17(16)15-28/h5-10,13-14,16-17,27,29H,1-4,11-12,15H2. The van der Waals surface area contributed by atoms with Crippen LogP contribution in [0, 0.1) is 17.7 Å². The van der Waals surface area contributed by atoms with Crippen LogP contribution in [0.2, 0.25) is 0 Å². The molecule has 0 amide bonds. The Hall–Kier alpha value is -2.82. The number of benzene rings is 2. The highest BCUT2D eigenvalue weighted by molar-refractivity contribution is 6.02. The lowest BCUT2D eigenvalue weighted by Gasteiger charge is -2.42. The van der Waals surface area contributed by atoms with Gasteiger partial charge in [-0.1, -0.05) is 19.3 Å². The molecule has 1 aromatic heterocycles. The molecule has 1 saturated heterocycles. The van der Waals surface area contributed by atoms with Gasteiger partial charge >= 0.3 is 0 Å². The van der Waals surface area contributed by atoms with Gasteiger partial charge in [-0.25, -0.2) is 4.39 Å². The third-order valence-corrected chi connectivity index (χ3v) is 6.63. The first-order valence-electron chi connectivity index (χ1n) is 10.6. The molecule has 2 unspecified atom stereocenters. The SMILES string of the molecule is Oc1[nH]c2cc(F)ccc2c1C=Nc1ccc(N2CCC3CCCCC3C2)cc1. The number of aromatic amines is 1. The third kappa shape index (κ3) is 3.61. The highest BCUT2D eigenvalue weighted by atomic mass is 19.1. The molecular formula is C24H26FN3O. The van der Waals surface area contributed by atoms with E-state index in [1.165, 1.54) is 56.5 Å². The van der Waals surface area contributed by atoms with Gasteiger partial charge in [0.15, 0.2) is 5.88 Å². The van der Waals surface area contributed by atoms with E-state index in [-0.39, 0.29) is 11.7 Å². The van der Waals surface area contributed by atoms with E-state index in [4.69, 9.17) is 0 Å². The fourth-order valence-corrected chi connectivity index (χ4v) is 5.03. The van der Waals surface area contributed by atoms with E-state index < -0.39 is 0 Å². The molecule has 29 heavy (non-hydrogen) atoms. The van der Waals surface area contributed by atoms with Crippen LogP contribution in [-0.2, 0) is 0 Å². The number of halogens is 1. The fraction of sp³-hybridized carbons (Fsp3) is 0.375. The van der Waals surface area contributed by atoms with Crippen molar-refractivity contribution in [3.8, 4) is 5.88 Å². The van der Waals surface area contributed by atoms with Gasteiger partial charge in [-0.3, -0.25) is 4.99 Å². The predicted octanol–water partition coefficient (Wildman–Crippen LogP) is 5.78. The molecule has 5 rings (SSSR count). The lowest BCUT2D eigenvalue weighted by atomic mass is 9.75. The van der Waals surface area contributed by atoms with Gasteiger partial charge < -0.3 is 15.0 Å². The maximum absolute atomic E-state index is 13.4. The van der Waals surface area contributed by atoms with Crippen molar-refractivity contribution in [1.29, 1.82) is 0 Å². The number of hydrogen-bond acceptors (Lipinski definition) is 3. The Kier molecular flexibility index (Phi) is 4.74. The number of aliphatic imine (C=N–C) groups is 1. The van der Waals surface area contributed by atoms with Crippen LogP contribution in [0.1, 0.15) is 37.7 Å². The Morgan fingerprint density at radius 1 is 1.03 bits per heavy atom. The molecule has 2 aliphatic rings. The number of nitrogens with one attached hydrogen (secondary N) is 1. The van der Waals surface area contributed by atoms with E-state index >= 15 is 0 Å². The van der Waals surface area contributed by atoms with Crippen LogP contribution in [0.4, 0.5) is 15.8 Å². The lowest BCUT2D eigenvalue weighted by molar-refractivity contribution is 0.202. The minimum Gasteiger partial charge on any atom is -0.494 e. The van der Waals surface area contributed by atoms with Crippen molar-refractivity contribution in [2.24, 2.45) is 16.8 Å². The number of piperidine rings is 1. The summed E-state index contributed by atoms with van der Waals surface area (Å²) in [5.41, 5.74) is 3.23. The molecule has 2 aromatic carbocycles. The van der Waals surface area contributed by atoms with Gasteiger partial charge in [-0.15, -0.1) is 0 Å². The minimum absolute atomic E-state index is 0.00123. The van der Waals surface area contributed by atoms with Crippen LogP contribution < -0.4 is 4.90 Å². The summed E-state index contributed by atoms with van der Waals surface area (Å²) in [6.45, 7) is 2.32. The third-order valence-electron chi connectivity index (χ3n) is 6.63. The van der Waals surface area contributed by atoms with Crippen molar-refractivity contribution in [2.45, 2.75) is 32.1 Å². The van der Waals surface area contributed by atoms with Crippen LogP contribution in [-0.4, -0.2) is 29.4 Å². The van der Waals surface area contributed by atoms with Crippen molar-refractivity contribution in [2.75, 3.05) is 18.0 Å². The number of nitrogens with zero attached hydrogens (tertiary/aromatic N) is 2. The normalized spacial score (nSPS) is 22.3. The van der Waals surface area contributed by atoms with Crippen molar-refractivity contribution in [3.63, 3.8) is 0 Å². The van der Waals surface area contributed by atoms with Gasteiger partial charge in [0.05, 0.1) is 16.8 Å². The first kappa shape index (κ1) is 18.2. The quantitative estimate of drug-likeness (QED) is 0.556. The van der Waals surface area contributed by atoms with E-state index in [1.807, 2.05) is 12.1 Å². The molecule has 0 spiro atoms. The molecule has 150 valence electrons. The fourth-order valence-electron chi connectivity index (χ4n) is 5.03. The molecule has 1 aliphatic carbocycles. The van der Waals surface area contributed by atoms with E-state index in [2.05, 4.69) is 27.0 Å². The van der Waals surface area contributed by atoms with Gasteiger partial charge in [0, 0.05) is 30.4 Å². The molecule has 2 atom stereocenters. The lowest BCUT2D eigenvalue weighted by Crippen LogP contribution is -2.41. The molecule has 2 heterocycles. The summed E-state index contributed by atoms with van der Waals surface area (Å²) >= 11 is 0. The van der Waals surface area contributed by atoms with Gasteiger partial charge in [0.25, 0.3) is 0 Å². The summed E-state index contributed by atoms with van der Waals surface area (Å²) in [6, 6.07) is 12.7. The molecule has 0 bridgehead atoms.